The van der Waals surface area contributed by atoms with Crippen molar-refractivity contribution in [1.82, 2.24) is 4.98 Å². The first kappa shape index (κ1) is 9.02. The Labute approximate surface area is 90.4 Å². The predicted octanol–water partition coefficient (Wildman–Crippen LogP) is 1.83. The Kier molecular flexibility index (Phi) is 2.05. The van der Waals surface area contributed by atoms with E-state index >= 15 is 0 Å². The topological polar surface area (TPSA) is 25.2 Å². The van der Waals surface area contributed by atoms with Crippen LogP contribution in [-0.2, 0) is 12.8 Å². The molecule has 1 aromatic rings. The average molecular weight is 196 g/mol. The molecule has 0 saturated carbocycles. The maximum atomic E-state index is 4.25. The van der Waals surface area contributed by atoms with Gasteiger partial charge in [0, 0.05) is 0 Å². The first-order valence-electron chi connectivity index (χ1n) is 5.50. The van der Waals surface area contributed by atoms with Crippen LogP contribution in [0.25, 0.3) is 0 Å². The molecule has 2 nitrogen and oxygen atoms in total. The molecule has 74 valence electrons. The van der Waals surface area contributed by atoms with Crippen LogP contribution in [0, 0.1) is 5.92 Å². The van der Waals surface area contributed by atoms with E-state index in [1.165, 1.54) is 36.7 Å². The van der Waals surface area contributed by atoms with Gasteiger partial charge in [0.2, 0.25) is 0 Å². The van der Waals surface area contributed by atoms with E-state index in [1.807, 2.05) is 6.20 Å². The second-order valence-electron chi connectivity index (χ2n) is 4.39. The molecule has 2 heterocycles. The number of aromatic nitrogens is 1. The monoisotopic (exact) mass is 196 g/mol. The van der Waals surface area contributed by atoms with Crippen molar-refractivity contribution in [2.75, 3.05) is 0 Å². The van der Waals surface area contributed by atoms with Gasteiger partial charge in [0.25, 0.3) is 0 Å². The van der Waals surface area contributed by atoms with Gasteiger partial charge in [0.1, 0.15) is 0 Å². The van der Waals surface area contributed by atoms with Crippen LogP contribution in [-0.4, -0.2) is 24.1 Å². The second-order valence-corrected chi connectivity index (χ2v) is 4.39. The molecular weight excluding hydrogens is 183 g/mol. The molecule has 0 radical (unpaired) electrons. The minimum atomic E-state index is 0.763. The molecule has 1 aromatic heterocycles. The van der Waals surface area contributed by atoms with E-state index in [-0.39, 0.29) is 0 Å². The number of rotatable bonds is 2. The van der Waals surface area contributed by atoms with Crippen molar-refractivity contribution in [2.45, 2.75) is 25.6 Å². The zero-order valence-electron chi connectivity index (χ0n) is 8.74. The van der Waals surface area contributed by atoms with Gasteiger partial charge in [-0.15, -0.1) is 0 Å². The van der Waals surface area contributed by atoms with E-state index < -0.39 is 0 Å². The van der Waals surface area contributed by atoms with Gasteiger partial charge in [-0.2, -0.15) is 0 Å². The third-order valence-electron chi connectivity index (χ3n) is 3.42. The SMILES string of the molecule is C=Nc1cc2c(cn1)CCC(C1=BC1)C2. The van der Waals surface area contributed by atoms with E-state index in [1.54, 1.807) is 5.46 Å². The molecule has 0 amide bonds. The Morgan fingerprint density at radius 2 is 2.33 bits per heavy atom. The third kappa shape index (κ3) is 1.67. The molecular formula is C12H13BN2. The van der Waals surface area contributed by atoms with Crippen LogP contribution in [0.3, 0.4) is 0 Å². The summed E-state index contributed by atoms with van der Waals surface area (Å²) in [6.45, 7) is 5.87. The summed E-state index contributed by atoms with van der Waals surface area (Å²) >= 11 is 0. The number of nitrogens with zero attached hydrogens (tertiary/aromatic N) is 2. The fourth-order valence-corrected chi connectivity index (χ4v) is 2.42. The minimum absolute atomic E-state index is 0.763. The van der Waals surface area contributed by atoms with Crippen molar-refractivity contribution >= 4 is 24.9 Å². The Hall–Kier alpha value is -1.25. The molecule has 0 aromatic carbocycles. The van der Waals surface area contributed by atoms with Crippen molar-refractivity contribution in [3.05, 3.63) is 23.4 Å². The number of aliphatic imine (C=N–C) groups is 1. The van der Waals surface area contributed by atoms with Crippen molar-refractivity contribution in [3.8, 4) is 0 Å². The summed E-state index contributed by atoms with van der Waals surface area (Å²) in [5.41, 5.74) is 4.49. The van der Waals surface area contributed by atoms with Gasteiger partial charge in [-0.05, 0) is 0 Å². The average Bonchev–Trinajstić information content (AvgIpc) is 3.11. The van der Waals surface area contributed by atoms with Crippen LogP contribution in [0.4, 0.5) is 5.82 Å². The number of pyridine rings is 1. The van der Waals surface area contributed by atoms with E-state index in [4.69, 9.17) is 0 Å². The molecule has 15 heavy (non-hydrogen) atoms. The van der Waals surface area contributed by atoms with E-state index in [0.29, 0.717) is 0 Å². The van der Waals surface area contributed by atoms with Gasteiger partial charge >= 0.3 is 89.8 Å². The summed E-state index contributed by atoms with van der Waals surface area (Å²) in [5.74, 6) is 1.55. The van der Waals surface area contributed by atoms with Gasteiger partial charge < -0.3 is 0 Å². The fourth-order valence-electron chi connectivity index (χ4n) is 2.42. The zero-order chi connectivity index (χ0) is 10.3. The van der Waals surface area contributed by atoms with E-state index in [9.17, 15) is 0 Å². The van der Waals surface area contributed by atoms with Crippen LogP contribution >= 0.6 is 0 Å². The van der Waals surface area contributed by atoms with Crippen LogP contribution < -0.4 is 0 Å². The van der Waals surface area contributed by atoms with Gasteiger partial charge in [-0.25, -0.2) is 0 Å². The first-order chi connectivity index (χ1) is 7.36. The van der Waals surface area contributed by atoms with E-state index in [2.05, 4.69) is 29.7 Å². The molecule has 1 atom stereocenters. The summed E-state index contributed by atoms with van der Waals surface area (Å²) in [4.78, 5) is 8.14. The second kappa shape index (κ2) is 3.40. The molecule has 0 bridgehead atoms. The Morgan fingerprint density at radius 3 is 3.07 bits per heavy atom. The Balaban J connectivity index is 1.92. The molecule has 3 rings (SSSR count). The van der Waals surface area contributed by atoms with Crippen molar-refractivity contribution < 1.29 is 0 Å². The Bertz CT molecular complexity index is 451. The number of hydrogen-bond acceptors (Lipinski definition) is 2. The molecule has 1 unspecified atom stereocenters. The summed E-state index contributed by atoms with van der Waals surface area (Å²) in [6, 6.07) is 2.09. The Morgan fingerprint density at radius 1 is 1.47 bits per heavy atom. The molecule has 0 N–H and O–H groups in total. The predicted molar refractivity (Wildman–Crippen MR) is 64.5 cm³/mol. The molecule has 1 aliphatic heterocycles. The normalized spacial score (nSPS) is 22.4. The van der Waals surface area contributed by atoms with E-state index in [0.717, 1.165) is 11.7 Å². The van der Waals surface area contributed by atoms with Gasteiger partial charge in [-0.3, -0.25) is 0 Å². The van der Waals surface area contributed by atoms with Gasteiger partial charge in [-0.1, -0.05) is 0 Å². The molecule has 0 spiro atoms. The van der Waals surface area contributed by atoms with Crippen molar-refractivity contribution in [2.24, 2.45) is 10.9 Å². The molecule has 3 heteroatoms. The summed E-state index contributed by atoms with van der Waals surface area (Å²) < 4.78 is 0. The van der Waals surface area contributed by atoms with Crippen LogP contribution in [0.5, 0.6) is 0 Å². The summed E-state index contributed by atoms with van der Waals surface area (Å²) in [5, 5.41) is 0. The molecule has 0 fully saturated rings. The number of hydrogen-bond donors (Lipinski definition) is 0. The molecule has 0 saturated heterocycles. The van der Waals surface area contributed by atoms with Crippen LogP contribution in [0.15, 0.2) is 17.3 Å². The van der Waals surface area contributed by atoms with Gasteiger partial charge in [0.05, 0.1) is 0 Å². The molecule has 1 aliphatic carbocycles. The zero-order valence-corrected chi connectivity index (χ0v) is 8.74. The molecule has 2 aliphatic rings. The summed E-state index contributed by atoms with van der Waals surface area (Å²) in [6.07, 6.45) is 6.85. The maximum absolute atomic E-state index is 4.25. The van der Waals surface area contributed by atoms with Crippen molar-refractivity contribution in [1.29, 1.82) is 0 Å². The van der Waals surface area contributed by atoms with Crippen molar-refractivity contribution in [3.63, 3.8) is 0 Å². The summed E-state index contributed by atoms with van der Waals surface area (Å²) in [7, 11) is 0. The standard InChI is InChI=1S/C12H13BN2/c1-14-12-5-10-4-8(11-6-13-11)2-3-9(10)7-15-12/h5,7-8H,1-4,6H2. The fraction of sp³-hybridized carbons (Fsp3) is 0.417. The number of aryl methyl sites for hydroxylation is 1. The van der Waals surface area contributed by atoms with Crippen LogP contribution in [0.2, 0.25) is 6.32 Å². The van der Waals surface area contributed by atoms with Gasteiger partial charge in [0.15, 0.2) is 0 Å². The first-order valence-corrected chi connectivity index (χ1v) is 5.50. The third-order valence-corrected chi connectivity index (χ3v) is 3.42. The number of fused-ring (bicyclic) bond motifs is 1. The quantitative estimate of drug-likeness (QED) is 0.523. The van der Waals surface area contributed by atoms with Crippen LogP contribution in [0.1, 0.15) is 17.5 Å².